The second-order valence-electron chi connectivity index (χ2n) is 7.54. The van der Waals surface area contributed by atoms with Crippen molar-refractivity contribution < 1.29 is 23.8 Å². The summed E-state index contributed by atoms with van der Waals surface area (Å²) in [5.41, 5.74) is 0.312. The maximum atomic E-state index is 12.6. The largest absolute Gasteiger partial charge is 0.457 e. The van der Waals surface area contributed by atoms with Gasteiger partial charge >= 0.3 is 12.1 Å². The van der Waals surface area contributed by atoms with E-state index in [1.165, 1.54) is 24.7 Å². The molecule has 2 aromatic heterocycles. The van der Waals surface area contributed by atoms with Crippen LogP contribution in [0.1, 0.15) is 36.7 Å². The number of carbonyl (C=O) groups excluding carboxylic acids is 2. The van der Waals surface area contributed by atoms with Gasteiger partial charge in [0.15, 0.2) is 5.75 Å². The maximum Gasteiger partial charge on any atom is 0.413 e. The van der Waals surface area contributed by atoms with Crippen LogP contribution >= 0.6 is 0 Å². The second-order valence-corrected chi connectivity index (χ2v) is 7.54. The molecule has 8 heteroatoms. The Kier molecular flexibility index (Phi) is 6.81. The fourth-order valence-corrected chi connectivity index (χ4v) is 2.46. The molecular weight excluding hydrogens is 398 g/mol. The summed E-state index contributed by atoms with van der Waals surface area (Å²) >= 11 is 0. The zero-order chi connectivity index (χ0) is 22.3. The lowest BCUT2D eigenvalue weighted by Gasteiger charge is -2.19. The van der Waals surface area contributed by atoms with Crippen LogP contribution in [0.5, 0.6) is 11.5 Å². The van der Waals surface area contributed by atoms with E-state index in [9.17, 15) is 9.59 Å². The number of benzene rings is 1. The highest BCUT2D eigenvalue weighted by Gasteiger charge is 2.17. The molecule has 1 N–H and O–H groups in total. The molecule has 31 heavy (non-hydrogen) atoms. The van der Waals surface area contributed by atoms with E-state index in [0.29, 0.717) is 22.9 Å². The molecule has 1 aromatic carbocycles. The van der Waals surface area contributed by atoms with Gasteiger partial charge in [0.2, 0.25) is 0 Å². The predicted octanol–water partition coefficient (Wildman–Crippen LogP) is 4.97. The summed E-state index contributed by atoms with van der Waals surface area (Å²) in [5.74, 6) is 0.664. The van der Waals surface area contributed by atoms with E-state index in [1.54, 1.807) is 45.0 Å². The molecule has 2 heterocycles. The number of esters is 1. The normalized spacial score (nSPS) is 10.8. The van der Waals surface area contributed by atoms with Gasteiger partial charge in [-0.15, -0.1) is 0 Å². The lowest BCUT2D eigenvalue weighted by atomic mass is 10.2. The van der Waals surface area contributed by atoms with Gasteiger partial charge < -0.3 is 14.2 Å². The van der Waals surface area contributed by atoms with Gasteiger partial charge in [-0.05, 0) is 45.0 Å². The lowest BCUT2D eigenvalue weighted by molar-refractivity contribution is 0.0469. The third-order valence-corrected chi connectivity index (χ3v) is 3.80. The van der Waals surface area contributed by atoms with Crippen LogP contribution in [0.4, 0.5) is 10.6 Å². The minimum absolute atomic E-state index is 0.00561. The van der Waals surface area contributed by atoms with Gasteiger partial charge in [-0.25, -0.2) is 14.6 Å². The van der Waals surface area contributed by atoms with E-state index in [2.05, 4.69) is 15.3 Å². The molecule has 0 aliphatic heterocycles. The molecule has 0 fully saturated rings. The quantitative estimate of drug-likeness (QED) is 0.561. The summed E-state index contributed by atoms with van der Waals surface area (Å²) in [4.78, 5) is 32.5. The molecule has 1 amide bonds. The number of ether oxygens (including phenoxy) is 3. The van der Waals surface area contributed by atoms with Crippen molar-refractivity contribution >= 4 is 17.9 Å². The maximum absolute atomic E-state index is 12.6. The molecule has 0 bridgehead atoms. The highest BCUT2D eigenvalue weighted by Crippen LogP contribution is 2.25. The number of aromatic nitrogens is 2. The first-order valence-corrected chi connectivity index (χ1v) is 9.59. The minimum atomic E-state index is -0.603. The van der Waals surface area contributed by atoms with Crippen molar-refractivity contribution in [1.82, 2.24) is 9.97 Å². The van der Waals surface area contributed by atoms with Crippen LogP contribution in [0.15, 0.2) is 67.1 Å². The number of carbonyl (C=O) groups is 2. The first kappa shape index (κ1) is 21.8. The first-order valence-electron chi connectivity index (χ1n) is 9.59. The van der Waals surface area contributed by atoms with Gasteiger partial charge in [-0.1, -0.05) is 24.3 Å². The standard InChI is InChI=1S/C23H23N3O5/c1-23(2,3)31-22(28)26-20-10-9-16(13-25-20)15-29-21(27)18-11-12-24-14-19(18)30-17-7-5-4-6-8-17/h4-14H,15H2,1-3H3,(H,25,26,28). The zero-order valence-electron chi connectivity index (χ0n) is 17.5. The minimum Gasteiger partial charge on any atom is -0.457 e. The number of amides is 1. The smallest absolute Gasteiger partial charge is 0.413 e. The molecule has 0 aliphatic rings. The highest BCUT2D eigenvalue weighted by atomic mass is 16.6. The van der Waals surface area contributed by atoms with Crippen molar-refractivity contribution in [3.63, 3.8) is 0 Å². The molecule has 0 saturated carbocycles. The number of para-hydroxylation sites is 1. The third-order valence-electron chi connectivity index (χ3n) is 3.80. The summed E-state index contributed by atoms with van der Waals surface area (Å²) in [6.07, 6.45) is 3.87. The summed E-state index contributed by atoms with van der Waals surface area (Å²) in [7, 11) is 0. The van der Waals surface area contributed by atoms with Crippen LogP contribution in [0.3, 0.4) is 0 Å². The van der Waals surface area contributed by atoms with E-state index in [4.69, 9.17) is 14.2 Å². The number of nitrogens with one attached hydrogen (secondary N) is 1. The summed E-state index contributed by atoms with van der Waals surface area (Å²) in [6, 6.07) is 13.9. The van der Waals surface area contributed by atoms with E-state index in [1.807, 2.05) is 18.2 Å². The Morgan fingerprint density at radius 1 is 1.00 bits per heavy atom. The SMILES string of the molecule is CC(C)(C)OC(=O)Nc1ccc(COC(=O)c2ccncc2Oc2ccccc2)cn1. The van der Waals surface area contributed by atoms with Crippen LogP contribution in [0.25, 0.3) is 0 Å². The Morgan fingerprint density at radius 3 is 2.45 bits per heavy atom. The van der Waals surface area contributed by atoms with Crippen LogP contribution < -0.4 is 10.1 Å². The van der Waals surface area contributed by atoms with Gasteiger partial charge in [0.25, 0.3) is 0 Å². The molecule has 8 nitrogen and oxygen atoms in total. The number of pyridine rings is 2. The van der Waals surface area contributed by atoms with Crippen LogP contribution in [-0.2, 0) is 16.1 Å². The van der Waals surface area contributed by atoms with Crippen LogP contribution in [0, 0.1) is 0 Å². The fraction of sp³-hybridized carbons (Fsp3) is 0.217. The molecule has 0 aliphatic carbocycles. The molecule has 0 saturated heterocycles. The number of rotatable bonds is 6. The van der Waals surface area contributed by atoms with Gasteiger partial charge in [0.05, 0.1) is 6.20 Å². The van der Waals surface area contributed by atoms with E-state index in [0.717, 1.165) is 0 Å². The molecular formula is C23H23N3O5. The second kappa shape index (κ2) is 9.71. The summed E-state index contributed by atoms with van der Waals surface area (Å²) in [5, 5.41) is 2.54. The van der Waals surface area contributed by atoms with Gasteiger partial charge in [-0.3, -0.25) is 10.3 Å². The molecule has 0 spiro atoms. The molecule has 0 radical (unpaired) electrons. The van der Waals surface area contributed by atoms with Crippen LogP contribution in [-0.4, -0.2) is 27.6 Å². The number of anilines is 1. The Hall–Kier alpha value is -3.94. The van der Waals surface area contributed by atoms with Gasteiger partial charge in [0.1, 0.15) is 29.3 Å². The van der Waals surface area contributed by atoms with Crippen LogP contribution in [0.2, 0.25) is 0 Å². The van der Waals surface area contributed by atoms with E-state index < -0.39 is 17.7 Å². The topological polar surface area (TPSA) is 99.6 Å². The van der Waals surface area contributed by atoms with Gasteiger partial charge in [-0.2, -0.15) is 0 Å². The molecule has 0 atom stereocenters. The van der Waals surface area contributed by atoms with E-state index in [-0.39, 0.29) is 12.2 Å². The lowest BCUT2D eigenvalue weighted by Crippen LogP contribution is -2.27. The van der Waals surface area contributed by atoms with Crippen molar-refractivity contribution in [2.75, 3.05) is 5.32 Å². The Bertz CT molecular complexity index is 1030. The average molecular weight is 421 g/mol. The monoisotopic (exact) mass is 421 g/mol. The predicted molar refractivity (Wildman–Crippen MR) is 114 cm³/mol. The number of hydrogen-bond acceptors (Lipinski definition) is 7. The van der Waals surface area contributed by atoms with Crippen molar-refractivity contribution in [1.29, 1.82) is 0 Å². The average Bonchev–Trinajstić information content (AvgIpc) is 2.73. The van der Waals surface area contributed by atoms with E-state index >= 15 is 0 Å². The Morgan fingerprint density at radius 2 is 1.77 bits per heavy atom. The zero-order valence-corrected chi connectivity index (χ0v) is 17.5. The molecule has 3 rings (SSSR count). The van der Waals surface area contributed by atoms with Crippen molar-refractivity contribution in [2.45, 2.75) is 33.0 Å². The first-order chi connectivity index (χ1) is 14.8. The molecule has 160 valence electrons. The van der Waals surface area contributed by atoms with Crippen molar-refractivity contribution in [3.8, 4) is 11.5 Å². The molecule has 3 aromatic rings. The summed E-state index contributed by atoms with van der Waals surface area (Å²) in [6.45, 7) is 5.33. The molecule has 0 unspecified atom stereocenters. The fourth-order valence-electron chi connectivity index (χ4n) is 2.46. The summed E-state index contributed by atoms with van der Waals surface area (Å²) < 4.78 is 16.3. The Balaban J connectivity index is 1.58. The van der Waals surface area contributed by atoms with Gasteiger partial charge in [0, 0.05) is 18.0 Å². The Labute approximate surface area is 180 Å². The van der Waals surface area contributed by atoms with Crippen molar-refractivity contribution in [3.05, 3.63) is 78.2 Å². The van der Waals surface area contributed by atoms with Crippen molar-refractivity contribution in [2.24, 2.45) is 0 Å². The number of nitrogens with zero attached hydrogens (tertiary/aromatic N) is 2. The third kappa shape index (κ3) is 6.81. The number of hydrogen-bond donors (Lipinski definition) is 1. The highest BCUT2D eigenvalue weighted by molar-refractivity contribution is 5.92.